The lowest BCUT2D eigenvalue weighted by Gasteiger charge is -2.19. The molecule has 0 atom stereocenters. The van der Waals surface area contributed by atoms with Gasteiger partial charge in [-0.15, -0.1) is 0 Å². The zero-order chi connectivity index (χ0) is 25.6. The van der Waals surface area contributed by atoms with Crippen LogP contribution in [-0.2, 0) is 9.59 Å². The fourth-order valence-electron chi connectivity index (χ4n) is 2.66. The van der Waals surface area contributed by atoms with Gasteiger partial charge in [0.2, 0.25) is 5.91 Å². The van der Waals surface area contributed by atoms with E-state index in [0.717, 1.165) is 18.2 Å². The highest BCUT2D eigenvalue weighted by atomic mass is 16.6. The van der Waals surface area contributed by atoms with Gasteiger partial charge < -0.3 is 20.1 Å². The van der Waals surface area contributed by atoms with Crippen molar-refractivity contribution in [3.63, 3.8) is 0 Å². The van der Waals surface area contributed by atoms with Crippen LogP contribution in [0.4, 0.5) is 17.1 Å². The van der Waals surface area contributed by atoms with Crippen LogP contribution in [0.15, 0.2) is 42.1 Å². The average Bonchev–Trinajstić information content (AvgIpc) is 2.77. The van der Waals surface area contributed by atoms with Gasteiger partial charge in [0.15, 0.2) is 11.5 Å². The Morgan fingerprint density at radius 1 is 0.941 bits per heavy atom. The quantitative estimate of drug-likeness (QED) is 0.334. The molecule has 0 radical (unpaired) electrons. The van der Waals surface area contributed by atoms with Crippen LogP contribution in [0.5, 0.6) is 11.5 Å². The molecule has 0 aliphatic carbocycles. The maximum absolute atomic E-state index is 13.0. The molecule has 12 heteroatoms. The lowest BCUT2D eigenvalue weighted by Crippen LogP contribution is -2.38. The van der Waals surface area contributed by atoms with Crippen molar-refractivity contribution in [2.75, 3.05) is 19.5 Å². The number of nitrogens with one attached hydrogen (secondary N) is 2. The first-order chi connectivity index (χ1) is 15.9. The van der Waals surface area contributed by atoms with Gasteiger partial charge in [0.1, 0.15) is 11.4 Å². The smallest absolute Gasteiger partial charge is 0.299 e. The molecule has 2 aromatic carbocycles. The van der Waals surface area contributed by atoms with Crippen LogP contribution in [0.2, 0.25) is 0 Å². The van der Waals surface area contributed by atoms with E-state index >= 15 is 0 Å². The molecular weight excluding hydrogens is 448 g/mol. The summed E-state index contributed by atoms with van der Waals surface area (Å²) in [6.45, 7) is 4.94. The number of methoxy groups -OCH3 is 2. The van der Waals surface area contributed by atoms with Gasteiger partial charge in [-0.25, -0.2) is 0 Å². The fraction of sp³-hybridized carbons (Fsp3) is 0.273. The molecule has 0 aromatic heterocycles. The first-order valence-electron chi connectivity index (χ1n) is 9.86. The predicted molar refractivity (Wildman–Crippen MR) is 124 cm³/mol. The van der Waals surface area contributed by atoms with Gasteiger partial charge in [0.25, 0.3) is 17.3 Å². The van der Waals surface area contributed by atoms with Crippen LogP contribution in [0.3, 0.4) is 0 Å². The minimum Gasteiger partial charge on any atom is -0.493 e. The number of rotatable bonds is 8. The number of anilines is 1. The molecule has 0 unspecified atom stereocenters. The van der Waals surface area contributed by atoms with Crippen molar-refractivity contribution in [3.05, 3.63) is 67.9 Å². The van der Waals surface area contributed by atoms with E-state index in [0.29, 0.717) is 17.1 Å². The van der Waals surface area contributed by atoms with Gasteiger partial charge in [-0.1, -0.05) is 26.8 Å². The minimum absolute atomic E-state index is 0.209. The highest BCUT2D eigenvalue weighted by Gasteiger charge is 2.26. The summed E-state index contributed by atoms with van der Waals surface area (Å²) in [7, 11) is 2.90. The van der Waals surface area contributed by atoms with Crippen molar-refractivity contribution in [1.82, 2.24) is 5.32 Å². The number of nitrogens with zero attached hydrogens (tertiary/aromatic N) is 2. The summed E-state index contributed by atoms with van der Waals surface area (Å²) < 4.78 is 10.4. The van der Waals surface area contributed by atoms with E-state index in [1.165, 1.54) is 20.3 Å². The highest BCUT2D eigenvalue weighted by molar-refractivity contribution is 6.10. The number of non-ortho nitro benzene ring substituents is 1. The molecule has 0 fully saturated rings. The maximum Gasteiger partial charge on any atom is 0.299 e. The Morgan fingerprint density at radius 2 is 1.59 bits per heavy atom. The Bertz CT molecular complexity index is 1170. The molecule has 180 valence electrons. The fourth-order valence-corrected chi connectivity index (χ4v) is 2.66. The summed E-state index contributed by atoms with van der Waals surface area (Å²) in [4.78, 5) is 46.3. The standard InChI is InChI=1S/C22H24N4O8/c1-22(2,3)21(28)24-16(10-13-6-9-18(33-4)19(11-13)34-5)20(27)23-15-8-7-14(25(29)30)12-17(15)26(31)32/h6-12H,1-5H3,(H,23,27)(H,24,28)/b16-10+. The van der Waals surface area contributed by atoms with Crippen LogP contribution in [0, 0.1) is 25.6 Å². The van der Waals surface area contributed by atoms with Crippen LogP contribution in [0.1, 0.15) is 26.3 Å². The third-order valence-electron chi connectivity index (χ3n) is 4.53. The molecule has 0 aliphatic rings. The summed E-state index contributed by atoms with van der Waals surface area (Å²) in [6, 6.07) is 7.60. The van der Waals surface area contributed by atoms with Crippen LogP contribution < -0.4 is 20.1 Å². The Balaban J connectivity index is 2.50. The first-order valence-corrected chi connectivity index (χ1v) is 9.86. The second kappa shape index (κ2) is 10.4. The molecule has 0 bridgehead atoms. The SMILES string of the molecule is COc1ccc(/C=C(/NC(=O)C(C)(C)C)C(=O)Nc2ccc([N+](=O)[O-])cc2[N+](=O)[O-])cc1OC. The Hall–Kier alpha value is -4.48. The number of hydrogen-bond acceptors (Lipinski definition) is 8. The first kappa shape index (κ1) is 25.8. The van der Waals surface area contributed by atoms with E-state index < -0.39 is 38.5 Å². The molecule has 0 saturated carbocycles. The van der Waals surface area contributed by atoms with E-state index in [9.17, 15) is 29.8 Å². The van der Waals surface area contributed by atoms with Crippen LogP contribution >= 0.6 is 0 Å². The molecule has 0 saturated heterocycles. The summed E-state index contributed by atoms with van der Waals surface area (Å²) in [5, 5.41) is 27.2. The molecule has 2 rings (SSSR count). The van der Waals surface area contributed by atoms with Crippen molar-refractivity contribution < 1.29 is 28.9 Å². The summed E-state index contributed by atoms with van der Waals surface area (Å²) in [5.74, 6) is -0.521. The van der Waals surface area contributed by atoms with Crippen molar-refractivity contribution in [2.24, 2.45) is 5.41 Å². The number of benzene rings is 2. The number of ether oxygens (including phenoxy) is 2. The zero-order valence-corrected chi connectivity index (χ0v) is 19.2. The third-order valence-corrected chi connectivity index (χ3v) is 4.53. The van der Waals surface area contributed by atoms with Gasteiger partial charge in [-0.05, 0) is 29.8 Å². The van der Waals surface area contributed by atoms with Crippen molar-refractivity contribution in [3.8, 4) is 11.5 Å². The van der Waals surface area contributed by atoms with E-state index in [1.807, 2.05) is 0 Å². The van der Waals surface area contributed by atoms with E-state index in [-0.39, 0.29) is 11.4 Å². The average molecular weight is 472 g/mol. The highest BCUT2D eigenvalue weighted by Crippen LogP contribution is 2.30. The van der Waals surface area contributed by atoms with E-state index in [4.69, 9.17) is 9.47 Å². The summed E-state index contributed by atoms with van der Waals surface area (Å²) in [6.07, 6.45) is 1.36. The Labute approximate surface area is 194 Å². The topological polar surface area (TPSA) is 163 Å². The molecule has 2 amide bonds. The number of carbonyl (C=O) groups is 2. The lowest BCUT2D eigenvalue weighted by atomic mass is 9.95. The van der Waals surface area contributed by atoms with Gasteiger partial charge in [-0.2, -0.15) is 0 Å². The monoisotopic (exact) mass is 472 g/mol. The van der Waals surface area contributed by atoms with Gasteiger partial charge in [0.05, 0.1) is 30.1 Å². The van der Waals surface area contributed by atoms with Crippen LogP contribution in [0.25, 0.3) is 6.08 Å². The minimum atomic E-state index is -0.871. The number of nitro groups is 2. The number of carbonyl (C=O) groups excluding carboxylic acids is 2. The van der Waals surface area contributed by atoms with Crippen LogP contribution in [-0.4, -0.2) is 35.9 Å². The maximum atomic E-state index is 13.0. The second-order valence-electron chi connectivity index (χ2n) is 8.05. The number of nitro benzene ring substituents is 2. The molecule has 0 aliphatic heterocycles. The van der Waals surface area contributed by atoms with Crippen molar-refractivity contribution >= 4 is 35.0 Å². The van der Waals surface area contributed by atoms with Crippen molar-refractivity contribution in [1.29, 1.82) is 0 Å². The molecule has 2 aromatic rings. The molecule has 0 heterocycles. The van der Waals surface area contributed by atoms with E-state index in [1.54, 1.807) is 39.0 Å². The van der Waals surface area contributed by atoms with Gasteiger partial charge in [0, 0.05) is 11.5 Å². The zero-order valence-electron chi connectivity index (χ0n) is 19.2. The molecule has 34 heavy (non-hydrogen) atoms. The normalized spacial score (nSPS) is 11.4. The molecule has 2 N–H and O–H groups in total. The third kappa shape index (κ3) is 6.28. The van der Waals surface area contributed by atoms with Gasteiger partial charge >= 0.3 is 0 Å². The lowest BCUT2D eigenvalue weighted by molar-refractivity contribution is -0.393. The molecule has 12 nitrogen and oxygen atoms in total. The van der Waals surface area contributed by atoms with Gasteiger partial charge in [-0.3, -0.25) is 29.8 Å². The summed E-state index contributed by atoms with van der Waals surface area (Å²) >= 11 is 0. The summed E-state index contributed by atoms with van der Waals surface area (Å²) in [5.41, 5.74) is -2.04. The van der Waals surface area contributed by atoms with E-state index in [2.05, 4.69) is 10.6 Å². The largest absolute Gasteiger partial charge is 0.493 e. The molecule has 0 spiro atoms. The number of hydrogen-bond donors (Lipinski definition) is 2. The number of amides is 2. The Kier molecular flexibility index (Phi) is 7.90. The Morgan fingerprint density at radius 3 is 2.12 bits per heavy atom. The predicted octanol–water partition coefficient (Wildman–Crippen LogP) is 3.66. The molecular formula is C22H24N4O8. The van der Waals surface area contributed by atoms with Crippen molar-refractivity contribution in [2.45, 2.75) is 20.8 Å². The second-order valence-corrected chi connectivity index (χ2v) is 8.05.